The fraction of sp³-hybridized carbons (Fsp3) is 0.407. The van der Waals surface area contributed by atoms with E-state index in [1.807, 2.05) is 44.7 Å². The average molecular weight is 514 g/mol. The lowest BCUT2D eigenvalue weighted by molar-refractivity contribution is -0.128. The zero-order valence-electron chi connectivity index (χ0n) is 21.3. The zero-order chi connectivity index (χ0) is 25.9. The highest BCUT2D eigenvalue weighted by Crippen LogP contribution is 2.26. The highest BCUT2D eigenvalue weighted by molar-refractivity contribution is 5.93. The van der Waals surface area contributed by atoms with Crippen molar-refractivity contribution in [3.05, 3.63) is 42.9 Å². The normalized spacial score (nSPS) is 15.8. The van der Waals surface area contributed by atoms with Crippen molar-refractivity contribution in [3.8, 4) is 0 Å². The van der Waals surface area contributed by atoms with Crippen LogP contribution in [-0.4, -0.2) is 78.8 Å². The Kier molecular flexibility index (Phi) is 6.72. The van der Waals surface area contributed by atoms with Gasteiger partial charge in [-0.25, -0.2) is 9.97 Å². The molecule has 4 aromatic rings. The molecule has 2 aliphatic rings. The first-order valence-corrected chi connectivity index (χ1v) is 13.3. The number of fused-ring (bicyclic) bond motifs is 2. The number of rotatable bonds is 10. The lowest BCUT2D eigenvalue weighted by Gasteiger charge is -2.16. The molecule has 5 heterocycles. The molecule has 11 heteroatoms. The lowest BCUT2D eigenvalue weighted by atomic mass is 10.1. The smallest absolute Gasteiger partial charge is 0.232 e. The summed E-state index contributed by atoms with van der Waals surface area (Å²) in [5.41, 5.74) is 1.36. The standard InChI is InChI=1S/C27H31N9O2/c37-21-8-3-13-34(21)15-5-11-28-25-23-26(36(18-30-23)17-16-35-14-4-9-22(35)38)33-27(32-25)31-24-20-7-2-1-6-19(20)10-12-29-24/h1-2,6-7,10,12,18H,3-5,8-9,11,13-17H2,(H2,28,29,31,32,33). The van der Waals surface area contributed by atoms with E-state index in [0.717, 1.165) is 49.7 Å². The number of carbonyl (C=O) groups excluding carboxylic acids is 2. The molecule has 0 spiro atoms. The van der Waals surface area contributed by atoms with E-state index in [0.29, 0.717) is 61.2 Å². The monoisotopic (exact) mass is 513 g/mol. The Balaban J connectivity index is 1.26. The van der Waals surface area contributed by atoms with E-state index >= 15 is 0 Å². The van der Waals surface area contributed by atoms with Crippen molar-refractivity contribution < 1.29 is 9.59 Å². The van der Waals surface area contributed by atoms with Gasteiger partial charge in [0.05, 0.1) is 6.33 Å². The van der Waals surface area contributed by atoms with Gasteiger partial charge >= 0.3 is 0 Å². The molecule has 2 N–H and O–H groups in total. The minimum Gasteiger partial charge on any atom is -0.368 e. The molecule has 11 nitrogen and oxygen atoms in total. The molecular formula is C27H31N9O2. The zero-order valence-corrected chi connectivity index (χ0v) is 21.3. The van der Waals surface area contributed by atoms with Gasteiger partial charge in [0.25, 0.3) is 0 Å². The number of pyridine rings is 1. The van der Waals surface area contributed by atoms with Gasteiger partial charge in [-0.1, -0.05) is 24.3 Å². The summed E-state index contributed by atoms with van der Waals surface area (Å²) in [6.07, 6.45) is 7.45. The molecule has 1 aromatic carbocycles. The van der Waals surface area contributed by atoms with Crippen LogP contribution in [0.4, 0.5) is 17.6 Å². The summed E-state index contributed by atoms with van der Waals surface area (Å²) in [7, 11) is 0. The Morgan fingerprint density at radius 1 is 0.842 bits per heavy atom. The third-order valence-electron chi connectivity index (χ3n) is 7.22. The number of anilines is 3. The summed E-state index contributed by atoms with van der Waals surface area (Å²) < 4.78 is 1.97. The van der Waals surface area contributed by atoms with Gasteiger partial charge in [0, 0.05) is 63.7 Å². The predicted molar refractivity (Wildman–Crippen MR) is 145 cm³/mol. The fourth-order valence-corrected chi connectivity index (χ4v) is 5.20. The first kappa shape index (κ1) is 24.1. The maximum Gasteiger partial charge on any atom is 0.232 e. The Morgan fingerprint density at radius 2 is 1.63 bits per heavy atom. The molecule has 0 aliphatic carbocycles. The van der Waals surface area contributed by atoms with Gasteiger partial charge in [0.1, 0.15) is 5.82 Å². The van der Waals surface area contributed by atoms with E-state index in [1.165, 1.54) is 0 Å². The molecule has 38 heavy (non-hydrogen) atoms. The second-order valence-electron chi connectivity index (χ2n) is 9.76. The Morgan fingerprint density at radius 3 is 2.42 bits per heavy atom. The summed E-state index contributed by atoms with van der Waals surface area (Å²) in [5, 5.41) is 8.77. The van der Waals surface area contributed by atoms with Crippen molar-refractivity contribution in [2.24, 2.45) is 0 Å². The summed E-state index contributed by atoms with van der Waals surface area (Å²) in [6, 6.07) is 10.00. The van der Waals surface area contributed by atoms with Crippen molar-refractivity contribution in [2.75, 3.05) is 43.4 Å². The van der Waals surface area contributed by atoms with Crippen LogP contribution in [0, 0.1) is 0 Å². The van der Waals surface area contributed by atoms with Gasteiger partial charge in [-0.15, -0.1) is 0 Å². The van der Waals surface area contributed by atoms with Crippen LogP contribution in [0.3, 0.4) is 0 Å². The van der Waals surface area contributed by atoms with Crippen molar-refractivity contribution >= 4 is 51.3 Å². The number of nitrogens with zero attached hydrogens (tertiary/aromatic N) is 7. The van der Waals surface area contributed by atoms with Crippen LogP contribution >= 0.6 is 0 Å². The molecule has 2 aliphatic heterocycles. The van der Waals surface area contributed by atoms with Gasteiger partial charge in [-0.3, -0.25) is 9.59 Å². The number of aromatic nitrogens is 5. The van der Waals surface area contributed by atoms with E-state index in [1.54, 1.807) is 12.5 Å². The summed E-state index contributed by atoms with van der Waals surface area (Å²) in [5.74, 6) is 2.15. The van der Waals surface area contributed by atoms with E-state index < -0.39 is 0 Å². The van der Waals surface area contributed by atoms with E-state index in [2.05, 4.69) is 20.6 Å². The number of hydrogen-bond acceptors (Lipinski definition) is 8. The third kappa shape index (κ3) is 4.96. The number of imidazole rings is 1. The fourth-order valence-electron chi connectivity index (χ4n) is 5.20. The number of benzene rings is 1. The molecule has 0 atom stereocenters. The molecule has 2 amide bonds. The Labute approximate surface area is 220 Å². The minimum absolute atomic E-state index is 0.201. The maximum atomic E-state index is 12.1. The van der Waals surface area contributed by atoms with Gasteiger partial charge in [-0.05, 0) is 30.7 Å². The van der Waals surface area contributed by atoms with Crippen LogP contribution in [0.15, 0.2) is 42.9 Å². The Bertz CT molecular complexity index is 1480. The van der Waals surface area contributed by atoms with Crippen LogP contribution in [0.25, 0.3) is 21.9 Å². The largest absolute Gasteiger partial charge is 0.368 e. The quantitative estimate of drug-likeness (QED) is 0.310. The number of nitrogens with one attached hydrogen (secondary N) is 2. The van der Waals surface area contributed by atoms with E-state index in [-0.39, 0.29) is 11.8 Å². The number of likely N-dealkylation sites (tertiary alicyclic amines) is 2. The average Bonchev–Trinajstić information content (AvgIpc) is 3.65. The SMILES string of the molecule is O=C1CCCN1CCCNc1nc(Nc2nccc3ccccc23)nc2c1ncn2CCN1CCCC1=O. The first-order valence-electron chi connectivity index (χ1n) is 13.3. The maximum absolute atomic E-state index is 12.1. The second-order valence-corrected chi connectivity index (χ2v) is 9.76. The minimum atomic E-state index is 0.201. The summed E-state index contributed by atoms with van der Waals surface area (Å²) in [4.78, 5) is 46.6. The predicted octanol–water partition coefficient (Wildman–Crippen LogP) is 3.16. The van der Waals surface area contributed by atoms with Gasteiger partial charge in [-0.2, -0.15) is 9.97 Å². The lowest BCUT2D eigenvalue weighted by Crippen LogP contribution is -2.28. The molecule has 196 valence electrons. The molecule has 2 saturated heterocycles. The van der Waals surface area contributed by atoms with Crippen LogP contribution in [0.5, 0.6) is 0 Å². The van der Waals surface area contributed by atoms with E-state index in [9.17, 15) is 9.59 Å². The number of carbonyl (C=O) groups is 2. The van der Waals surface area contributed by atoms with Crippen molar-refractivity contribution in [1.82, 2.24) is 34.3 Å². The molecule has 3 aromatic heterocycles. The van der Waals surface area contributed by atoms with Crippen molar-refractivity contribution in [3.63, 3.8) is 0 Å². The molecule has 0 saturated carbocycles. The second kappa shape index (κ2) is 10.6. The van der Waals surface area contributed by atoms with Gasteiger partial charge in [0.2, 0.25) is 17.8 Å². The highest BCUT2D eigenvalue weighted by Gasteiger charge is 2.21. The number of amides is 2. The van der Waals surface area contributed by atoms with Gasteiger partial charge < -0.3 is 25.0 Å². The molecular weight excluding hydrogens is 482 g/mol. The molecule has 0 radical (unpaired) electrons. The van der Waals surface area contributed by atoms with Gasteiger partial charge in [0.15, 0.2) is 17.0 Å². The topological polar surface area (TPSA) is 121 Å². The third-order valence-corrected chi connectivity index (χ3v) is 7.22. The van der Waals surface area contributed by atoms with Crippen molar-refractivity contribution in [1.29, 1.82) is 0 Å². The summed E-state index contributed by atoms with van der Waals surface area (Å²) >= 11 is 0. The molecule has 0 bridgehead atoms. The summed E-state index contributed by atoms with van der Waals surface area (Å²) in [6.45, 7) is 4.23. The molecule has 6 rings (SSSR count). The Hall–Kier alpha value is -4.28. The van der Waals surface area contributed by atoms with Crippen LogP contribution in [0.2, 0.25) is 0 Å². The van der Waals surface area contributed by atoms with Crippen molar-refractivity contribution in [2.45, 2.75) is 38.6 Å². The van der Waals surface area contributed by atoms with Crippen LogP contribution in [0.1, 0.15) is 32.1 Å². The van der Waals surface area contributed by atoms with E-state index in [4.69, 9.17) is 9.97 Å². The first-order chi connectivity index (χ1) is 18.7. The number of hydrogen-bond donors (Lipinski definition) is 2. The molecule has 2 fully saturated rings. The highest BCUT2D eigenvalue weighted by atomic mass is 16.2. The van der Waals surface area contributed by atoms with Crippen LogP contribution in [-0.2, 0) is 16.1 Å². The van der Waals surface area contributed by atoms with Crippen LogP contribution < -0.4 is 10.6 Å². The molecule has 0 unspecified atom stereocenters.